The molecule has 6 heteroatoms. The molecule has 0 aliphatic carbocycles. The van der Waals surface area contributed by atoms with Crippen LogP contribution in [0.1, 0.15) is 42.4 Å². The van der Waals surface area contributed by atoms with Gasteiger partial charge in [-0.2, -0.15) is 0 Å². The highest BCUT2D eigenvalue weighted by Gasteiger charge is 2.20. The van der Waals surface area contributed by atoms with Gasteiger partial charge in [0.15, 0.2) is 0 Å². The lowest BCUT2D eigenvalue weighted by Gasteiger charge is -2.24. The van der Waals surface area contributed by atoms with E-state index in [1.54, 1.807) is 4.90 Å². The van der Waals surface area contributed by atoms with Crippen LogP contribution in [-0.4, -0.2) is 48.4 Å². The Morgan fingerprint density at radius 2 is 1.77 bits per heavy atom. The average molecular weight is 421 g/mol. The Balaban J connectivity index is 1.32. The summed E-state index contributed by atoms with van der Waals surface area (Å²) in [7, 11) is 1.84. The molecule has 2 fully saturated rings. The summed E-state index contributed by atoms with van der Waals surface area (Å²) in [5.74, 6) is 0.231. The first-order chi connectivity index (χ1) is 15.1. The molecule has 2 aromatic carbocycles. The molecule has 0 bridgehead atoms. The fourth-order valence-corrected chi connectivity index (χ4v) is 4.48. The molecule has 1 N–H and O–H groups in total. The van der Waals surface area contributed by atoms with Crippen molar-refractivity contribution in [2.75, 3.05) is 31.6 Å². The zero-order valence-electron chi connectivity index (χ0n) is 18.3. The summed E-state index contributed by atoms with van der Waals surface area (Å²) in [6.07, 6.45) is 4.07. The van der Waals surface area contributed by atoms with Crippen molar-refractivity contribution in [1.82, 2.24) is 15.1 Å². The minimum Gasteiger partial charge on any atom is -0.371 e. The van der Waals surface area contributed by atoms with Gasteiger partial charge in [0.1, 0.15) is 0 Å². The lowest BCUT2D eigenvalue weighted by molar-refractivity contribution is -0.128. The Morgan fingerprint density at radius 1 is 1.00 bits per heavy atom. The van der Waals surface area contributed by atoms with Crippen LogP contribution >= 0.6 is 0 Å². The number of carbonyl (C=O) groups excluding carboxylic acids is 2. The molecule has 0 atom stereocenters. The van der Waals surface area contributed by atoms with Crippen molar-refractivity contribution in [2.24, 2.45) is 0 Å². The molecule has 2 aromatic rings. The molecule has 4 rings (SSSR count). The fraction of sp³-hybridized carbons (Fsp3) is 0.440. The third-order valence-corrected chi connectivity index (χ3v) is 6.17. The fourth-order valence-electron chi connectivity index (χ4n) is 4.48. The maximum atomic E-state index is 12.7. The van der Waals surface area contributed by atoms with Crippen LogP contribution < -0.4 is 10.2 Å². The molecule has 164 valence electrons. The Hall–Kier alpha value is -3.02. The first-order valence-electron chi connectivity index (χ1n) is 11.3. The van der Waals surface area contributed by atoms with E-state index in [1.165, 1.54) is 24.1 Å². The van der Waals surface area contributed by atoms with Crippen LogP contribution in [0.3, 0.4) is 0 Å². The third-order valence-electron chi connectivity index (χ3n) is 6.17. The molecule has 0 unspecified atom stereocenters. The summed E-state index contributed by atoms with van der Waals surface area (Å²) in [6, 6.07) is 16.4. The smallest absolute Gasteiger partial charge is 0.317 e. The minimum absolute atomic E-state index is 0.0867. The van der Waals surface area contributed by atoms with Gasteiger partial charge in [-0.15, -0.1) is 0 Å². The molecule has 0 radical (unpaired) electrons. The van der Waals surface area contributed by atoms with Crippen LogP contribution in [0.2, 0.25) is 0 Å². The van der Waals surface area contributed by atoms with Gasteiger partial charge in [0.25, 0.3) is 0 Å². The molecule has 0 aromatic heterocycles. The SMILES string of the molecule is CN(Cc1ccccc1N1CCCC1)C(=O)NCc1cccc(CN2CCCC2=O)c1. The third kappa shape index (κ3) is 5.37. The second-order valence-electron chi connectivity index (χ2n) is 8.58. The summed E-state index contributed by atoms with van der Waals surface area (Å²) in [5.41, 5.74) is 4.57. The van der Waals surface area contributed by atoms with E-state index in [2.05, 4.69) is 34.5 Å². The van der Waals surface area contributed by atoms with Crippen LogP contribution in [0.4, 0.5) is 10.5 Å². The van der Waals surface area contributed by atoms with Gasteiger partial charge in [-0.25, -0.2) is 4.79 Å². The van der Waals surface area contributed by atoms with Crippen molar-refractivity contribution in [3.05, 3.63) is 65.2 Å². The van der Waals surface area contributed by atoms with Gasteiger partial charge in [0.2, 0.25) is 5.91 Å². The Labute approximate surface area is 184 Å². The van der Waals surface area contributed by atoms with Crippen LogP contribution in [0.25, 0.3) is 0 Å². The Bertz CT molecular complexity index is 923. The van der Waals surface area contributed by atoms with E-state index in [0.717, 1.165) is 37.2 Å². The number of para-hydroxylation sites is 1. The van der Waals surface area contributed by atoms with Crippen LogP contribution in [-0.2, 0) is 24.4 Å². The monoisotopic (exact) mass is 420 g/mol. The van der Waals surface area contributed by atoms with Gasteiger partial charge in [0.05, 0.1) is 0 Å². The van der Waals surface area contributed by atoms with Crippen molar-refractivity contribution >= 4 is 17.6 Å². The summed E-state index contributed by atoms with van der Waals surface area (Å²) < 4.78 is 0. The highest BCUT2D eigenvalue weighted by molar-refractivity contribution is 5.78. The summed E-state index contributed by atoms with van der Waals surface area (Å²) in [5, 5.41) is 3.03. The van der Waals surface area contributed by atoms with E-state index in [4.69, 9.17) is 0 Å². The van der Waals surface area contributed by atoms with Crippen molar-refractivity contribution < 1.29 is 9.59 Å². The number of anilines is 1. The minimum atomic E-state index is -0.0867. The predicted molar refractivity (Wildman–Crippen MR) is 123 cm³/mol. The van der Waals surface area contributed by atoms with Gasteiger partial charge in [0, 0.05) is 58.4 Å². The van der Waals surface area contributed by atoms with Gasteiger partial charge in [-0.05, 0) is 42.0 Å². The molecule has 2 saturated heterocycles. The molecule has 6 nitrogen and oxygen atoms in total. The van der Waals surface area contributed by atoms with E-state index < -0.39 is 0 Å². The van der Waals surface area contributed by atoms with Gasteiger partial charge >= 0.3 is 6.03 Å². The van der Waals surface area contributed by atoms with E-state index in [-0.39, 0.29) is 11.9 Å². The summed E-state index contributed by atoms with van der Waals surface area (Å²) in [4.78, 5) is 30.6. The number of nitrogens with zero attached hydrogens (tertiary/aromatic N) is 3. The highest BCUT2D eigenvalue weighted by atomic mass is 16.2. The van der Waals surface area contributed by atoms with E-state index in [0.29, 0.717) is 26.1 Å². The topological polar surface area (TPSA) is 55.9 Å². The zero-order valence-corrected chi connectivity index (χ0v) is 18.3. The van der Waals surface area contributed by atoms with Crippen molar-refractivity contribution in [3.8, 4) is 0 Å². The molecular formula is C25H32N4O2. The number of nitrogens with one attached hydrogen (secondary N) is 1. The quantitative estimate of drug-likeness (QED) is 0.742. The number of hydrogen-bond donors (Lipinski definition) is 1. The average Bonchev–Trinajstić information content (AvgIpc) is 3.45. The van der Waals surface area contributed by atoms with Crippen LogP contribution in [0.5, 0.6) is 0 Å². The number of carbonyl (C=O) groups is 2. The number of urea groups is 1. The molecule has 2 aliphatic heterocycles. The molecule has 31 heavy (non-hydrogen) atoms. The van der Waals surface area contributed by atoms with E-state index in [1.807, 2.05) is 36.2 Å². The molecular weight excluding hydrogens is 388 g/mol. The molecule has 0 spiro atoms. The maximum Gasteiger partial charge on any atom is 0.317 e. The number of amides is 3. The van der Waals surface area contributed by atoms with E-state index in [9.17, 15) is 9.59 Å². The molecule has 2 aliphatic rings. The second kappa shape index (κ2) is 9.86. The number of hydrogen-bond acceptors (Lipinski definition) is 3. The number of benzene rings is 2. The van der Waals surface area contributed by atoms with Gasteiger partial charge < -0.3 is 20.0 Å². The summed E-state index contributed by atoms with van der Waals surface area (Å²) >= 11 is 0. The van der Waals surface area contributed by atoms with Crippen LogP contribution in [0, 0.1) is 0 Å². The first kappa shape index (κ1) is 21.2. The highest BCUT2D eigenvalue weighted by Crippen LogP contribution is 2.25. The predicted octanol–water partition coefficient (Wildman–Crippen LogP) is 3.75. The maximum absolute atomic E-state index is 12.7. The van der Waals surface area contributed by atoms with Gasteiger partial charge in [-0.1, -0.05) is 42.5 Å². The van der Waals surface area contributed by atoms with Crippen molar-refractivity contribution in [2.45, 2.75) is 45.3 Å². The van der Waals surface area contributed by atoms with Crippen molar-refractivity contribution in [3.63, 3.8) is 0 Å². The first-order valence-corrected chi connectivity index (χ1v) is 11.3. The number of likely N-dealkylation sites (tertiary alicyclic amines) is 1. The molecule has 0 saturated carbocycles. The summed E-state index contributed by atoms with van der Waals surface area (Å²) in [6.45, 7) is 4.71. The number of rotatable bonds is 7. The Kier molecular flexibility index (Phi) is 6.75. The van der Waals surface area contributed by atoms with Crippen molar-refractivity contribution in [1.29, 1.82) is 0 Å². The normalized spacial score (nSPS) is 16.1. The zero-order chi connectivity index (χ0) is 21.6. The van der Waals surface area contributed by atoms with E-state index >= 15 is 0 Å². The lowest BCUT2D eigenvalue weighted by Crippen LogP contribution is -2.36. The second-order valence-corrected chi connectivity index (χ2v) is 8.58. The molecule has 3 amide bonds. The van der Waals surface area contributed by atoms with Crippen LogP contribution in [0.15, 0.2) is 48.5 Å². The van der Waals surface area contributed by atoms with Gasteiger partial charge in [-0.3, -0.25) is 4.79 Å². The Morgan fingerprint density at radius 3 is 2.55 bits per heavy atom. The molecule has 2 heterocycles. The standard InChI is InChI=1S/C25H32N4O2/c1-27(19-22-10-2-3-11-23(22)28-13-4-5-14-28)25(31)26-17-20-8-6-9-21(16-20)18-29-15-7-12-24(29)30/h2-3,6,8-11,16H,4-5,7,12-15,17-19H2,1H3,(H,26,31). The lowest BCUT2D eigenvalue weighted by atomic mass is 10.1. The largest absolute Gasteiger partial charge is 0.371 e.